The molecule has 1 aliphatic carbocycles. The second-order valence-electron chi connectivity index (χ2n) is 4.51. The van der Waals surface area contributed by atoms with Crippen LogP contribution in [0.2, 0.25) is 0 Å². The van der Waals surface area contributed by atoms with Gasteiger partial charge in [0.15, 0.2) is 0 Å². The highest BCUT2D eigenvalue weighted by atomic mass is 16.5. The van der Waals surface area contributed by atoms with Gasteiger partial charge in [-0.1, -0.05) is 13.8 Å². The molecule has 1 aliphatic rings. The average molecular weight is 228 g/mol. The number of aliphatic imine (C=N–C) groups is 1. The molecule has 1 atom stereocenters. The Balaban J connectivity index is 2.43. The van der Waals surface area contributed by atoms with E-state index in [0.29, 0.717) is 24.5 Å². The van der Waals surface area contributed by atoms with Gasteiger partial charge in [-0.25, -0.2) is 10.8 Å². The van der Waals surface area contributed by atoms with Crippen LogP contribution in [0.5, 0.6) is 0 Å². The van der Waals surface area contributed by atoms with Crippen LogP contribution in [0.25, 0.3) is 0 Å². The molecule has 0 amide bonds. The Kier molecular flexibility index (Phi) is 5.55. The fraction of sp³-hybridized carbons (Fsp3) is 0.909. The Bertz CT molecular complexity index is 226. The topological polar surface area (TPSA) is 71.7 Å². The first-order valence-electron chi connectivity index (χ1n) is 6.06. The monoisotopic (exact) mass is 228 g/mol. The summed E-state index contributed by atoms with van der Waals surface area (Å²) >= 11 is 0. The molecule has 0 radical (unpaired) electrons. The molecular formula is C11H24N4O. The van der Waals surface area contributed by atoms with E-state index in [2.05, 4.69) is 29.6 Å². The van der Waals surface area contributed by atoms with Gasteiger partial charge in [-0.05, 0) is 25.7 Å². The number of nitrogens with one attached hydrogen (secondary N) is 2. The second kappa shape index (κ2) is 6.70. The maximum Gasteiger partial charge on any atom is 0.206 e. The van der Waals surface area contributed by atoms with Crippen molar-refractivity contribution in [2.45, 2.75) is 45.7 Å². The molecule has 16 heavy (non-hydrogen) atoms. The Morgan fingerprint density at radius 2 is 2.19 bits per heavy atom. The standard InChI is InChI=1S/C11H24N4O/c1-4-16-7-10(8(2)3)14-11(15-12)13-9-5-6-9/h8-10H,4-7,12H2,1-3H3,(H2,13,14,15). The smallest absolute Gasteiger partial charge is 0.206 e. The van der Waals surface area contributed by atoms with Crippen LogP contribution in [-0.4, -0.2) is 31.3 Å². The molecule has 0 bridgehead atoms. The summed E-state index contributed by atoms with van der Waals surface area (Å²) in [7, 11) is 0. The third-order valence-electron chi connectivity index (χ3n) is 2.62. The molecule has 0 aliphatic heterocycles. The zero-order valence-electron chi connectivity index (χ0n) is 10.5. The van der Waals surface area contributed by atoms with Crippen LogP contribution < -0.4 is 16.6 Å². The second-order valence-corrected chi connectivity index (χ2v) is 4.51. The van der Waals surface area contributed by atoms with Gasteiger partial charge in [-0.15, -0.1) is 0 Å². The zero-order valence-corrected chi connectivity index (χ0v) is 10.5. The Labute approximate surface area is 97.8 Å². The van der Waals surface area contributed by atoms with E-state index in [1.165, 1.54) is 12.8 Å². The minimum atomic E-state index is 0.244. The maximum absolute atomic E-state index is 5.44. The van der Waals surface area contributed by atoms with Crippen molar-refractivity contribution < 1.29 is 4.74 Å². The predicted octanol–water partition coefficient (Wildman–Crippen LogP) is 0.619. The van der Waals surface area contributed by atoms with Crippen molar-refractivity contribution in [1.82, 2.24) is 10.7 Å². The fourth-order valence-electron chi connectivity index (χ4n) is 1.32. The fourth-order valence-corrected chi connectivity index (χ4v) is 1.32. The van der Waals surface area contributed by atoms with Crippen molar-refractivity contribution in [2.24, 2.45) is 16.8 Å². The summed E-state index contributed by atoms with van der Waals surface area (Å²) in [6, 6.07) is 0.701. The van der Waals surface area contributed by atoms with Crippen molar-refractivity contribution in [3.05, 3.63) is 0 Å². The first kappa shape index (κ1) is 13.3. The molecule has 1 fully saturated rings. The first-order chi connectivity index (χ1) is 7.67. The quantitative estimate of drug-likeness (QED) is 0.270. The third kappa shape index (κ3) is 4.81. The van der Waals surface area contributed by atoms with Gasteiger partial charge < -0.3 is 10.1 Å². The average Bonchev–Trinajstić information content (AvgIpc) is 3.05. The van der Waals surface area contributed by atoms with Crippen molar-refractivity contribution >= 4 is 5.96 Å². The molecule has 0 aromatic heterocycles. The summed E-state index contributed by atoms with van der Waals surface area (Å²) in [6.45, 7) is 7.72. The van der Waals surface area contributed by atoms with E-state index in [1.807, 2.05) is 6.92 Å². The normalized spacial score (nSPS) is 18.7. The summed E-state index contributed by atoms with van der Waals surface area (Å²) in [4.78, 5) is 4.45. The molecule has 0 saturated heterocycles. The van der Waals surface area contributed by atoms with E-state index in [9.17, 15) is 0 Å². The highest BCUT2D eigenvalue weighted by Gasteiger charge is 2.22. The summed E-state index contributed by atoms with van der Waals surface area (Å²) in [5.74, 6) is 6.60. The lowest BCUT2D eigenvalue weighted by Crippen LogP contribution is -2.50. The Morgan fingerprint density at radius 3 is 2.62 bits per heavy atom. The SMILES string of the molecule is CCOCC(NC(=NC1CC1)NN)C(C)C. The Hall–Kier alpha value is -0.810. The highest BCUT2D eigenvalue weighted by Crippen LogP contribution is 2.23. The number of rotatable bonds is 6. The Morgan fingerprint density at radius 1 is 1.50 bits per heavy atom. The van der Waals surface area contributed by atoms with E-state index in [4.69, 9.17) is 10.6 Å². The van der Waals surface area contributed by atoms with Gasteiger partial charge in [0, 0.05) is 6.61 Å². The van der Waals surface area contributed by atoms with Gasteiger partial charge in [0.1, 0.15) is 0 Å². The zero-order chi connectivity index (χ0) is 12.0. The molecular weight excluding hydrogens is 204 g/mol. The third-order valence-corrected chi connectivity index (χ3v) is 2.62. The number of nitrogens with zero attached hydrogens (tertiary/aromatic N) is 1. The molecule has 5 nitrogen and oxygen atoms in total. The van der Waals surface area contributed by atoms with Crippen molar-refractivity contribution in [2.75, 3.05) is 13.2 Å². The molecule has 1 rings (SSSR count). The van der Waals surface area contributed by atoms with Gasteiger partial charge in [0.25, 0.3) is 0 Å². The number of hydrogen-bond donors (Lipinski definition) is 3. The lowest BCUT2D eigenvalue weighted by atomic mass is 10.1. The van der Waals surface area contributed by atoms with Gasteiger partial charge >= 0.3 is 0 Å². The molecule has 0 spiro atoms. The lowest BCUT2D eigenvalue weighted by molar-refractivity contribution is 0.115. The largest absolute Gasteiger partial charge is 0.380 e. The number of guanidine groups is 1. The number of hydrogen-bond acceptors (Lipinski definition) is 3. The van der Waals surface area contributed by atoms with Crippen molar-refractivity contribution in [3.63, 3.8) is 0 Å². The number of ether oxygens (including phenoxy) is 1. The van der Waals surface area contributed by atoms with Crippen LogP contribution in [0.15, 0.2) is 4.99 Å². The van der Waals surface area contributed by atoms with E-state index >= 15 is 0 Å². The lowest BCUT2D eigenvalue weighted by Gasteiger charge is -2.23. The van der Waals surface area contributed by atoms with Crippen LogP contribution in [-0.2, 0) is 4.74 Å². The molecule has 1 unspecified atom stereocenters. The van der Waals surface area contributed by atoms with Crippen LogP contribution in [0.3, 0.4) is 0 Å². The summed E-state index contributed by atoms with van der Waals surface area (Å²) in [6.07, 6.45) is 2.34. The van der Waals surface area contributed by atoms with E-state index in [-0.39, 0.29) is 6.04 Å². The van der Waals surface area contributed by atoms with Crippen LogP contribution in [0, 0.1) is 5.92 Å². The van der Waals surface area contributed by atoms with E-state index < -0.39 is 0 Å². The van der Waals surface area contributed by atoms with Crippen molar-refractivity contribution in [1.29, 1.82) is 0 Å². The summed E-state index contributed by atoms with van der Waals surface area (Å²) in [5, 5.41) is 3.30. The van der Waals surface area contributed by atoms with Gasteiger partial charge in [-0.2, -0.15) is 0 Å². The molecule has 1 saturated carbocycles. The van der Waals surface area contributed by atoms with Gasteiger partial charge in [0.05, 0.1) is 18.7 Å². The molecule has 4 N–H and O–H groups in total. The molecule has 94 valence electrons. The molecule has 5 heteroatoms. The predicted molar refractivity (Wildman–Crippen MR) is 66.0 cm³/mol. The number of nitrogens with two attached hydrogens (primary N) is 1. The summed E-state index contributed by atoms with van der Waals surface area (Å²) < 4.78 is 5.44. The highest BCUT2D eigenvalue weighted by molar-refractivity contribution is 5.79. The van der Waals surface area contributed by atoms with Crippen LogP contribution >= 0.6 is 0 Å². The van der Waals surface area contributed by atoms with Crippen LogP contribution in [0.4, 0.5) is 0 Å². The summed E-state index contributed by atoms with van der Waals surface area (Å²) in [5.41, 5.74) is 2.62. The van der Waals surface area contributed by atoms with Crippen LogP contribution in [0.1, 0.15) is 33.6 Å². The maximum atomic E-state index is 5.44. The molecule has 0 aromatic carbocycles. The van der Waals surface area contributed by atoms with Crippen molar-refractivity contribution in [3.8, 4) is 0 Å². The molecule has 0 heterocycles. The molecule has 0 aromatic rings. The minimum Gasteiger partial charge on any atom is -0.380 e. The van der Waals surface area contributed by atoms with Gasteiger partial charge in [-0.3, -0.25) is 5.43 Å². The van der Waals surface area contributed by atoms with Gasteiger partial charge in [0.2, 0.25) is 5.96 Å². The first-order valence-corrected chi connectivity index (χ1v) is 6.06. The van der Waals surface area contributed by atoms with E-state index in [1.54, 1.807) is 0 Å². The number of hydrazine groups is 1. The van der Waals surface area contributed by atoms with E-state index in [0.717, 1.165) is 6.61 Å². The minimum absolute atomic E-state index is 0.244.